The van der Waals surface area contributed by atoms with Crippen molar-refractivity contribution >= 4 is 34.1 Å². The number of hydrogen-bond donors (Lipinski definition) is 1. The predicted octanol–water partition coefficient (Wildman–Crippen LogP) is 2.58. The van der Waals surface area contributed by atoms with Gasteiger partial charge in [0.2, 0.25) is 5.91 Å². The van der Waals surface area contributed by atoms with Crippen LogP contribution >= 0.6 is 0 Å². The summed E-state index contributed by atoms with van der Waals surface area (Å²) in [5.74, 6) is 0.0545. The highest BCUT2D eigenvalue weighted by Crippen LogP contribution is 2.27. The van der Waals surface area contributed by atoms with Crippen LogP contribution in [-0.4, -0.2) is 71.4 Å². The molecule has 2 amide bonds. The van der Waals surface area contributed by atoms with Crippen molar-refractivity contribution in [3.05, 3.63) is 64.3 Å². The lowest BCUT2D eigenvalue weighted by Crippen LogP contribution is -2.47. The molecule has 3 aromatic rings. The number of nitro groups is 1. The van der Waals surface area contributed by atoms with E-state index in [1.54, 1.807) is 46.0 Å². The molecular weight excluding hydrogens is 426 g/mol. The molecule has 1 fully saturated rings. The molecule has 1 aliphatic heterocycles. The van der Waals surface area contributed by atoms with E-state index in [-0.39, 0.29) is 24.0 Å². The number of aromatic nitrogens is 1. The molecule has 1 N–H and O–H groups in total. The normalized spacial score (nSPS) is 14.3. The van der Waals surface area contributed by atoms with Crippen LogP contribution in [0.15, 0.2) is 48.7 Å². The van der Waals surface area contributed by atoms with Crippen molar-refractivity contribution in [2.24, 2.45) is 0 Å². The van der Waals surface area contributed by atoms with Crippen LogP contribution in [0.2, 0.25) is 0 Å². The summed E-state index contributed by atoms with van der Waals surface area (Å²) in [7, 11) is 3.53. The van der Waals surface area contributed by atoms with E-state index in [4.69, 9.17) is 4.74 Å². The first-order valence-corrected chi connectivity index (χ1v) is 10.5. The van der Waals surface area contributed by atoms with Crippen molar-refractivity contribution in [2.45, 2.75) is 6.54 Å². The monoisotopic (exact) mass is 451 g/mol. The third-order valence-electron chi connectivity index (χ3n) is 5.79. The molecular formula is C23H25N5O5. The smallest absolute Gasteiger partial charge is 0.270 e. The van der Waals surface area contributed by atoms with Crippen LogP contribution < -0.4 is 10.1 Å². The molecule has 0 bridgehead atoms. The molecule has 0 saturated carbocycles. The van der Waals surface area contributed by atoms with Crippen LogP contribution in [0.3, 0.4) is 0 Å². The average Bonchev–Trinajstić information content (AvgIpc) is 3.20. The minimum atomic E-state index is -0.452. The van der Waals surface area contributed by atoms with Gasteiger partial charge >= 0.3 is 0 Å². The lowest BCUT2D eigenvalue weighted by molar-refractivity contribution is -0.384. The quantitative estimate of drug-likeness (QED) is 0.456. The van der Waals surface area contributed by atoms with Gasteiger partial charge in [-0.1, -0.05) is 0 Å². The first-order chi connectivity index (χ1) is 15.9. The van der Waals surface area contributed by atoms with Gasteiger partial charge in [0, 0.05) is 61.0 Å². The SMILES string of the molecule is COc1ccc(C(=O)N2CCN(C)CC2)cc1NC(=O)Cn1ccc2cc([N+](=O)[O-])ccc21. The summed E-state index contributed by atoms with van der Waals surface area (Å²) in [6.45, 7) is 2.95. The van der Waals surface area contributed by atoms with E-state index < -0.39 is 4.92 Å². The molecule has 0 spiro atoms. The maximum atomic E-state index is 12.9. The highest BCUT2D eigenvalue weighted by atomic mass is 16.6. The summed E-state index contributed by atoms with van der Waals surface area (Å²) in [5, 5.41) is 14.5. The van der Waals surface area contributed by atoms with Crippen molar-refractivity contribution in [1.29, 1.82) is 0 Å². The fourth-order valence-corrected chi connectivity index (χ4v) is 3.91. The zero-order chi connectivity index (χ0) is 23.5. The summed E-state index contributed by atoms with van der Waals surface area (Å²) in [4.78, 5) is 40.2. The number of amides is 2. The van der Waals surface area contributed by atoms with E-state index in [2.05, 4.69) is 10.2 Å². The molecule has 10 heteroatoms. The number of rotatable bonds is 6. The molecule has 4 rings (SSSR count). The minimum Gasteiger partial charge on any atom is -0.495 e. The molecule has 1 saturated heterocycles. The van der Waals surface area contributed by atoms with Crippen molar-refractivity contribution in [2.75, 3.05) is 45.7 Å². The molecule has 172 valence electrons. The fourth-order valence-electron chi connectivity index (χ4n) is 3.91. The van der Waals surface area contributed by atoms with E-state index in [0.29, 0.717) is 41.0 Å². The molecule has 0 radical (unpaired) electrons. The van der Waals surface area contributed by atoms with E-state index in [1.165, 1.54) is 19.2 Å². The van der Waals surface area contributed by atoms with E-state index in [1.807, 2.05) is 7.05 Å². The Bertz CT molecular complexity index is 1210. The maximum absolute atomic E-state index is 12.9. The number of anilines is 1. The van der Waals surface area contributed by atoms with Gasteiger partial charge in [0.25, 0.3) is 11.6 Å². The number of nitrogens with one attached hydrogen (secondary N) is 1. The zero-order valence-electron chi connectivity index (χ0n) is 18.5. The van der Waals surface area contributed by atoms with Crippen LogP contribution in [0.4, 0.5) is 11.4 Å². The zero-order valence-corrected chi connectivity index (χ0v) is 18.5. The summed E-state index contributed by atoms with van der Waals surface area (Å²) < 4.78 is 7.07. The number of non-ortho nitro benzene ring substituents is 1. The summed E-state index contributed by atoms with van der Waals surface area (Å²) >= 11 is 0. The number of likely N-dealkylation sites (N-methyl/N-ethyl adjacent to an activating group) is 1. The van der Waals surface area contributed by atoms with Crippen molar-refractivity contribution in [1.82, 2.24) is 14.4 Å². The number of nitrogens with zero attached hydrogens (tertiary/aromatic N) is 4. The van der Waals surface area contributed by atoms with Gasteiger partial charge in [-0.2, -0.15) is 0 Å². The Morgan fingerprint density at radius 1 is 1.09 bits per heavy atom. The number of fused-ring (bicyclic) bond motifs is 1. The summed E-state index contributed by atoms with van der Waals surface area (Å²) in [5.41, 5.74) is 1.60. The summed E-state index contributed by atoms with van der Waals surface area (Å²) in [6.07, 6.45) is 1.71. The first-order valence-electron chi connectivity index (χ1n) is 10.5. The van der Waals surface area contributed by atoms with Gasteiger partial charge in [0.05, 0.1) is 17.7 Å². The maximum Gasteiger partial charge on any atom is 0.270 e. The lowest BCUT2D eigenvalue weighted by atomic mass is 10.1. The highest BCUT2D eigenvalue weighted by Gasteiger charge is 2.22. The average molecular weight is 451 g/mol. The van der Waals surface area contributed by atoms with Gasteiger partial charge in [-0.3, -0.25) is 19.7 Å². The molecule has 33 heavy (non-hydrogen) atoms. The Hall–Kier alpha value is -3.92. The van der Waals surface area contributed by atoms with Crippen LogP contribution in [0.5, 0.6) is 5.75 Å². The largest absolute Gasteiger partial charge is 0.495 e. The van der Waals surface area contributed by atoms with E-state index in [9.17, 15) is 19.7 Å². The predicted molar refractivity (Wildman–Crippen MR) is 124 cm³/mol. The molecule has 2 aromatic carbocycles. The third-order valence-corrected chi connectivity index (χ3v) is 5.79. The number of ether oxygens (including phenoxy) is 1. The van der Waals surface area contributed by atoms with Crippen LogP contribution in [-0.2, 0) is 11.3 Å². The van der Waals surface area contributed by atoms with Crippen LogP contribution in [0, 0.1) is 10.1 Å². The Morgan fingerprint density at radius 2 is 1.85 bits per heavy atom. The van der Waals surface area contributed by atoms with E-state index >= 15 is 0 Å². The summed E-state index contributed by atoms with van der Waals surface area (Å²) in [6, 6.07) is 11.2. The minimum absolute atomic E-state index is 0.00109. The number of nitro benzene ring substituents is 1. The van der Waals surface area contributed by atoms with Crippen LogP contribution in [0.25, 0.3) is 10.9 Å². The van der Waals surface area contributed by atoms with Gasteiger partial charge in [0.15, 0.2) is 0 Å². The number of carbonyl (C=O) groups excluding carboxylic acids is 2. The first kappa shape index (κ1) is 22.3. The molecule has 1 aliphatic rings. The molecule has 0 atom stereocenters. The molecule has 10 nitrogen and oxygen atoms in total. The second-order valence-electron chi connectivity index (χ2n) is 8.00. The molecule has 0 aliphatic carbocycles. The molecule has 2 heterocycles. The van der Waals surface area contributed by atoms with Crippen molar-refractivity contribution < 1.29 is 19.2 Å². The third kappa shape index (κ3) is 4.80. The number of benzene rings is 2. The Labute approximate surface area is 190 Å². The second kappa shape index (κ2) is 9.29. The molecule has 1 aromatic heterocycles. The topological polar surface area (TPSA) is 110 Å². The number of carbonyl (C=O) groups is 2. The number of hydrogen-bond acceptors (Lipinski definition) is 6. The van der Waals surface area contributed by atoms with Crippen LogP contribution in [0.1, 0.15) is 10.4 Å². The standard InChI is InChI=1S/C23H25N5O5/c1-25-9-11-26(12-10-25)23(30)17-3-6-21(33-2)19(14-17)24-22(29)15-27-8-7-16-13-18(28(31)32)4-5-20(16)27/h3-8,13-14H,9-12,15H2,1-2H3,(H,24,29). The number of methoxy groups -OCH3 is 1. The second-order valence-corrected chi connectivity index (χ2v) is 8.00. The molecule has 0 unspecified atom stereocenters. The Morgan fingerprint density at radius 3 is 2.55 bits per heavy atom. The van der Waals surface area contributed by atoms with Gasteiger partial charge in [-0.15, -0.1) is 0 Å². The van der Waals surface area contributed by atoms with Gasteiger partial charge in [-0.25, -0.2) is 0 Å². The number of piperazine rings is 1. The Kier molecular flexibility index (Phi) is 6.27. The van der Waals surface area contributed by atoms with Crippen molar-refractivity contribution in [3.63, 3.8) is 0 Å². The highest BCUT2D eigenvalue weighted by molar-refractivity contribution is 5.98. The van der Waals surface area contributed by atoms with Gasteiger partial charge in [0.1, 0.15) is 12.3 Å². The van der Waals surface area contributed by atoms with Gasteiger partial charge < -0.3 is 24.4 Å². The van der Waals surface area contributed by atoms with Crippen molar-refractivity contribution in [3.8, 4) is 5.75 Å². The lowest BCUT2D eigenvalue weighted by Gasteiger charge is -2.32. The fraction of sp³-hybridized carbons (Fsp3) is 0.304. The Balaban J connectivity index is 1.50. The van der Waals surface area contributed by atoms with Gasteiger partial charge in [-0.05, 0) is 37.4 Å². The van der Waals surface area contributed by atoms with E-state index in [0.717, 1.165) is 13.1 Å².